The molecule has 0 saturated heterocycles. The van der Waals surface area contributed by atoms with Crippen LogP contribution in [0.2, 0.25) is 0 Å². The van der Waals surface area contributed by atoms with Gasteiger partial charge in [0.15, 0.2) is 6.61 Å². The summed E-state index contributed by atoms with van der Waals surface area (Å²) in [6.45, 7) is 0.895. The molecule has 0 aromatic heterocycles. The van der Waals surface area contributed by atoms with E-state index >= 15 is 0 Å². The van der Waals surface area contributed by atoms with Crippen LogP contribution in [0, 0.1) is 5.82 Å². The van der Waals surface area contributed by atoms with Gasteiger partial charge in [-0.15, -0.1) is 0 Å². The molecule has 0 N–H and O–H groups in total. The number of hydrogen-bond donors (Lipinski definition) is 0. The second kappa shape index (κ2) is 8.93. The molecule has 7 nitrogen and oxygen atoms in total. The van der Waals surface area contributed by atoms with Gasteiger partial charge in [-0.25, -0.2) is 12.8 Å². The molecule has 0 radical (unpaired) electrons. The molecule has 9 heteroatoms. The molecule has 160 valence electrons. The predicted octanol–water partition coefficient (Wildman–Crippen LogP) is 2.34. The zero-order chi connectivity index (χ0) is 21.9. The Hall–Kier alpha value is -2.78. The first-order chi connectivity index (χ1) is 14.3. The lowest BCUT2D eigenvalue weighted by molar-refractivity contribution is -0.147. The van der Waals surface area contributed by atoms with Gasteiger partial charge in [-0.3, -0.25) is 9.59 Å². The number of methoxy groups -OCH3 is 1. The lowest BCUT2D eigenvalue weighted by Crippen LogP contribution is -2.50. The molecule has 0 amide bonds. The van der Waals surface area contributed by atoms with E-state index in [0.717, 1.165) is 27.6 Å². The molecule has 1 heterocycles. The summed E-state index contributed by atoms with van der Waals surface area (Å²) in [4.78, 5) is 25.2. The fourth-order valence-electron chi connectivity index (χ4n) is 3.37. The minimum Gasteiger partial charge on any atom is -0.496 e. The number of rotatable bonds is 7. The number of ketones is 1. The van der Waals surface area contributed by atoms with Crippen LogP contribution >= 0.6 is 0 Å². The van der Waals surface area contributed by atoms with Gasteiger partial charge < -0.3 is 9.47 Å². The van der Waals surface area contributed by atoms with Crippen molar-refractivity contribution in [3.05, 3.63) is 65.0 Å². The first kappa shape index (κ1) is 21.9. The van der Waals surface area contributed by atoms with Crippen molar-refractivity contribution >= 4 is 21.8 Å². The minimum atomic E-state index is -3.69. The summed E-state index contributed by atoms with van der Waals surface area (Å²) in [5.74, 6) is -2.13. The Balaban J connectivity index is 1.79. The number of ether oxygens (including phenoxy) is 2. The molecule has 3 rings (SSSR count). The topological polar surface area (TPSA) is 90.0 Å². The Morgan fingerprint density at radius 1 is 1.17 bits per heavy atom. The Morgan fingerprint density at radius 2 is 1.87 bits per heavy atom. The van der Waals surface area contributed by atoms with Crippen molar-refractivity contribution in [1.82, 2.24) is 4.31 Å². The number of Topliss-reactive ketones (excluding diaryl/α,β-unsaturated/α-hetero) is 1. The van der Waals surface area contributed by atoms with Crippen molar-refractivity contribution in [1.29, 1.82) is 0 Å². The third-order valence-electron chi connectivity index (χ3n) is 5.01. The van der Waals surface area contributed by atoms with E-state index in [9.17, 15) is 22.4 Å². The summed E-state index contributed by atoms with van der Waals surface area (Å²) in [6.07, 6.45) is 0.145. The van der Waals surface area contributed by atoms with Crippen LogP contribution in [0.15, 0.2) is 42.5 Å². The lowest BCUT2D eigenvalue weighted by atomic mass is 9.96. The van der Waals surface area contributed by atoms with E-state index in [1.54, 1.807) is 6.07 Å². The maximum atomic E-state index is 13.5. The average Bonchev–Trinajstić information content (AvgIpc) is 2.76. The SMILES string of the molecule is CCS(=O)(=O)N1Cc2ccccc2C[C@H]1C(=O)OCC(=O)c1cc(F)ccc1OC. The number of carbonyl (C=O) groups is 2. The van der Waals surface area contributed by atoms with Gasteiger partial charge in [-0.05, 0) is 36.2 Å². The highest BCUT2D eigenvalue weighted by Crippen LogP contribution is 2.27. The third kappa shape index (κ3) is 4.52. The standard InChI is InChI=1S/C21H22FNO6S/c1-3-30(26,27)23-12-15-7-5-4-6-14(15)10-18(23)21(25)29-13-19(24)17-11-16(22)8-9-20(17)28-2/h4-9,11,18H,3,10,12-13H2,1-2H3/t18-/m0/s1. The van der Waals surface area contributed by atoms with E-state index in [1.807, 2.05) is 18.2 Å². The van der Waals surface area contributed by atoms with Crippen LogP contribution in [0.3, 0.4) is 0 Å². The van der Waals surface area contributed by atoms with E-state index in [-0.39, 0.29) is 30.0 Å². The maximum absolute atomic E-state index is 13.5. The number of hydrogen-bond acceptors (Lipinski definition) is 6. The van der Waals surface area contributed by atoms with Gasteiger partial charge in [0.05, 0.1) is 18.4 Å². The molecule has 0 bridgehead atoms. The average molecular weight is 435 g/mol. The summed E-state index contributed by atoms with van der Waals surface area (Å²) in [6, 6.07) is 9.63. The molecule has 0 aliphatic carbocycles. The molecular formula is C21H22FNO6S. The molecule has 1 aliphatic heterocycles. The van der Waals surface area contributed by atoms with Crippen LogP contribution in [0.4, 0.5) is 4.39 Å². The van der Waals surface area contributed by atoms with Crippen molar-refractivity contribution in [3.63, 3.8) is 0 Å². The van der Waals surface area contributed by atoms with Crippen LogP contribution in [0.25, 0.3) is 0 Å². The second-order valence-electron chi connectivity index (χ2n) is 6.81. The highest BCUT2D eigenvalue weighted by molar-refractivity contribution is 7.89. The summed E-state index contributed by atoms with van der Waals surface area (Å²) in [5.41, 5.74) is 1.61. The van der Waals surface area contributed by atoms with Crippen LogP contribution in [0.5, 0.6) is 5.75 Å². The Kier molecular flexibility index (Phi) is 6.52. The first-order valence-electron chi connectivity index (χ1n) is 9.36. The first-order valence-corrected chi connectivity index (χ1v) is 11.0. The van der Waals surface area contributed by atoms with Crippen LogP contribution < -0.4 is 4.74 Å². The third-order valence-corrected chi connectivity index (χ3v) is 6.83. The summed E-state index contributed by atoms with van der Waals surface area (Å²) < 4.78 is 49.9. The molecule has 0 unspecified atom stereocenters. The van der Waals surface area contributed by atoms with Crippen molar-refractivity contribution < 1.29 is 31.9 Å². The molecule has 2 aromatic rings. The molecule has 0 fully saturated rings. The predicted molar refractivity (Wildman–Crippen MR) is 107 cm³/mol. The Morgan fingerprint density at radius 3 is 2.53 bits per heavy atom. The summed E-state index contributed by atoms with van der Waals surface area (Å²) in [7, 11) is -2.35. The largest absolute Gasteiger partial charge is 0.496 e. The van der Waals surface area contributed by atoms with Gasteiger partial charge in [0.1, 0.15) is 17.6 Å². The van der Waals surface area contributed by atoms with Gasteiger partial charge in [0, 0.05) is 13.0 Å². The highest BCUT2D eigenvalue weighted by Gasteiger charge is 2.39. The van der Waals surface area contributed by atoms with Gasteiger partial charge >= 0.3 is 5.97 Å². The van der Waals surface area contributed by atoms with Crippen molar-refractivity contribution in [2.75, 3.05) is 19.5 Å². The molecule has 1 atom stereocenters. The second-order valence-corrected chi connectivity index (χ2v) is 9.02. The van der Waals surface area contributed by atoms with Crippen LogP contribution in [-0.4, -0.2) is 50.0 Å². The number of fused-ring (bicyclic) bond motifs is 1. The highest BCUT2D eigenvalue weighted by atomic mass is 32.2. The number of carbonyl (C=O) groups excluding carboxylic acids is 2. The zero-order valence-corrected chi connectivity index (χ0v) is 17.4. The number of sulfonamides is 1. The molecular weight excluding hydrogens is 413 g/mol. The Labute approximate surface area is 174 Å². The monoisotopic (exact) mass is 435 g/mol. The summed E-state index contributed by atoms with van der Waals surface area (Å²) in [5, 5.41) is 0. The maximum Gasteiger partial charge on any atom is 0.325 e. The fourth-order valence-corrected chi connectivity index (χ4v) is 4.58. The van der Waals surface area contributed by atoms with E-state index in [4.69, 9.17) is 9.47 Å². The molecule has 30 heavy (non-hydrogen) atoms. The van der Waals surface area contributed by atoms with Crippen molar-refractivity contribution in [2.45, 2.75) is 25.9 Å². The normalized spacial score (nSPS) is 16.6. The Bertz CT molecular complexity index is 1070. The van der Waals surface area contributed by atoms with Crippen LogP contribution in [-0.2, 0) is 32.5 Å². The van der Waals surface area contributed by atoms with E-state index in [2.05, 4.69) is 0 Å². The van der Waals surface area contributed by atoms with E-state index in [0.29, 0.717) is 0 Å². The number of halogens is 1. The zero-order valence-electron chi connectivity index (χ0n) is 16.6. The van der Waals surface area contributed by atoms with E-state index < -0.39 is 40.2 Å². The minimum absolute atomic E-state index is 0.0534. The quantitative estimate of drug-likeness (QED) is 0.490. The van der Waals surface area contributed by atoms with Crippen LogP contribution in [0.1, 0.15) is 28.4 Å². The fraction of sp³-hybridized carbons (Fsp3) is 0.333. The summed E-state index contributed by atoms with van der Waals surface area (Å²) >= 11 is 0. The number of benzene rings is 2. The van der Waals surface area contributed by atoms with Gasteiger partial charge in [0.25, 0.3) is 0 Å². The molecule has 0 saturated carbocycles. The van der Waals surface area contributed by atoms with Crippen molar-refractivity contribution in [2.24, 2.45) is 0 Å². The van der Waals surface area contributed by atoms with Gasteiger partial charge in [-0.2, -0.15) is 4.31 Å². The lowest BCUT2D eigenvalue weighted by Gasteiger charge is -2.34. The molecule has 2 aromatic carbocycles. The van der Waals surface area contributed by atoms with Crippen molar-refractivity contribution in [3.8, 4) is 5.75 Å². The number of nitrogens with zero attached hydrogens (tertiary/aromatic N) is 1. The number of esters is 1. The molecule has 0 spiro atoms. The van der Waals surface area contributed by atoms with Gasteiger partial charge in [0.2, 0.25) is 15.8 Å². The molecule has 1 aliphatic rings. The smallest absolute Gasteiger partial charge is 0.325 e. The van der Waals surface area contributed by atoms with E-state index in [1.165, 1.54) is 20.1 Å². The van der Waals surface area contributed by atoms with Gasteiger partial charge in [-0.1, -0.05) is 24.3 Å².